The Morgan fingerprint density at radius 1 is 1.07 bits per heavy atom. The van der Waals surface area contributed by atoms with Gasteiger partial charge in [-0.3, -0.25) is 0 Å². The van der Waals surface area contributed by atoms with E-state index in [-0.39, 0.29) is 10.5 Å². The number of hydrogen-bond acceptors (Lipinski definition) is 3. The van der Waals surface area contributed by atoms with Crippen molar-refractivity contribution in [1.29, 1.82) is 0 Å². The van der Waals surface area contributed by atoms with Gasteiger partial charge in [-0.1, -0.05) is 13.8 Å². The van der Waals surface area contributed by atoms with Crippen LogP contribution in [-0.4, -0.2) is 31.5 Å². The van der Waals surface area contributed by atoms with Gasteiger partial charge in [0.05, 0.1) is 10.5 Å². The third-order valence-corrected chi connectivity index (χ3v) is 5.50. The van der Waals surface area contributed by atoms with Gasteiger partial charge < -0.3 is 5.32 Å². The van der Waals surface area contributed by atoms with Crippen molar-refractivity contribution in [3.63, 3.8) is 0 Å². The molecule has 0 heterocycles. The number of sulfone groups is 1. The summed E-state index contributed by atoms with van der Waals surface area (Å²) in [4.78, 5) is 0. The topological polar surface area (TPSA) is 46.2 Å². The molecule has 3 nitrogen and oxygen atoms in total. The van der Waals surface area contributed by atoms with Gasteiger partial charge in [-0.2, -0.15) is 0 Å². The Balaban J connectivity index is 4.20. The minimum atomic E-state index is -2.95. The molecule has 1 N–H and O–H groups in total. The zero-order chi connectivity index (χ0) is 12.1. The van der Waals surface area contributed by atoms with Crippen LogP contribution in [0.5, 0.6) is 0 Å². The lowest BCUT2D eigenvalue weighted by atomic mass is 10.2. The van der Waals surface area contributed by atoms with E-state index in [2.05, 4.69) is 19.2 Å². The zero-order valence-corrected chi connectivity index (χ0v) is 11.4. The van der Waals surface area contributed by atoms with Crippen molar-refractivity contribution in [2.45, 2.75) is 64.0 Å². The van der Waals surface area contributed by atoms with E-state index in [4.69, 9.17) is 0 Å². The van der Waals surface area contributed by atoms with Crippen molar-refractivity contribution in [2.75, 3.05) is 6.54 Å². The van der Waals surface area contributed by atoms with Crippen LogP contribution in [0, 0.1) is 0 Å². The summed E-state index contributed by atoms with van der Waals surface area (Å²) in [6.07, 6.45) is 2.09. The predicted molar refractivity (Wildman–Crippen MR) is 65.9 cm³/mol. The summed E-state index contributed by atoms with van der Waals surface area (Å²) < 4.78 is 23.6. The first kappa shape index (κ1) is 14.9. The first-order chi connectivity index (χ1) is 6.86. The minimum Gasteiger partial charge on any atom is -0.313 e. The van der Waals surface area contributed by atoms with E-state index in [0.717, 1.165) is 12.8 Å². The number of nitrogens with one attached hydrogen (secondary N) is 1. The lowest BCUT2D eigenvalue weighted by Gasteiger charge is -2.20. The van der Waals surface area contributed by atoms with Crippen LogP contribution < -0.4 is 5.32 Å². The number of hydrogen-bond donors (Lipinski definition) is 1. The lowest BCUT2D eigenvalue weighted by Crippen LogP contribution is -2.39. The first-order valence-corrected chi connectivity index (χ1v) is 7.43. The van der Waals surface area contributed by atoms with E-state index in [1.807, 2.05) is 0 Å². The SMILES string of the molecule is CCC(CC)NCC(C)S(=O)(=O)C(C)C. The Morgan fingerprint density at radius 2 is 1.53 bits per heavy atom. The Kier molecular flexibility index (Phi) is 6.44. The maximum Gasteiger partial charge on any atom is 0.156 e. The fraction of sp³-hybridized carbons (Fsp3) is 1.00. The largest absolute Gasteiger partial charge is 0.313 e. The van der Waals surface area contributed by atoms with Crippen LogP contribution in [-0.2, 0) is 9.84 Å². The molecule has 0 aromatic carbocycles. The standard InChI is InChI=1S/C11H25NO2S/c1-6-11(7-2)12-8-10(5)15(13,14)9(3)4/h9-12H,6-8H2,1-5H3. The van der Waals surface area contributed by atoms with Crippen LogP contribution >= 0.6 is 0 Å². The second-order valence-corrected chi connectivity index (χ2v) is 7.30. The van der Waals surface area contributed by atoms with E-state index < -0.39 is 9.84 Å². The van der Waals surface area contributed by atoms with Crippen molar-refractivity contribution < 1.29 is 8.42 Å². The maximum absolute atomic E-state index is 11.8. The van der Waals surface area contributed by atoms with E-state index in [1.54, 1.807) is 20.8 Å². The third kappa shape index (κ3) is 4.51. The van der Waals surface area contributed by atoms with Gasteiger partial charge in [0.25, 0.3) is 0 Å². The highest BCUT2D eigenvalue weighted by Gasteiger charge is 2.24. The molecule has 0 saturated heterocycles. The van der Waals surface area contributed by atoms with Gasteiger partial charge in [0.1, 0.15) is 0 Å². The summed E-state index contributed by atoms with van der Waals surface area (Å²) in [5.41, 5.74) is 0. The molecule has 0 spiro atoms. The molecule has 0 amide bonds. The van der Waals surface area contributed by atoms with E-state index in [0.29, 0.717) is 12.6 Å². The van der Waals surface area contributed by atoms with E-state index in [9.17, 15) is 8.42 Å². The molecule has 0 saturated carbocycles. The second kappa shape index (κ2) is 6.48. The van der Waals surface area contributed by atoms with Crippen LogP contribution in [0.15, 0.2) is 0 Å². The molecule has 0 fully saturated rings. The molecule has 0 radical (unpaired) electrons. The molecule has 0 aliphatic rings. The molecular weight excluding hydrogens is 210 g/mol. The predicted octanol–water partition coefficient (Wildman–Crippen LogP) is 1.98. The molecule has 0 bridgehead atoms. The molecule has 1 unspecified atom stereocenters. The lowest BCUT2D eigenvalue weighted by molar-refractivity contribution is 0.479. The Bertz CT molecular complexity index is 256. The van der Waals surface area contributed by atoms with Crippen LogP contribution in [0.4, 0.5) is 0 Å². The van der Waals surface area contributed by atoms with Gasteiger partial charge in [-0.15, -0.1) is 0 Å². The molecule has 92 valence electrons. The minimum absolute atomic E-state index is 0.281. The molecule has 4 heteroatoms. The molecule has 1 atom stereocenters. The Morgan fingerprint density at radius 3 is 1.87 bits per heavy atom. The third-order valence-electron chi connectivity index (χ3n) is 2.90. The highest BCUT2D eigenvalue weighted by Crippen LogP contribution is 2.08. The van der Waals surface area contributed by atoms with Gasteiger partial charge in [-0.25, -0.2) is 8.42 Å². The summed E-state index contributed by atoms with van der Waals surface area (Å²) in [7, 11) is -2.95. The molecule has 0 aromatic rings. The van der Waals surface area contributed by atoms with Gasteiger partial charge in [0, 0.05) is 12.6 Å². The van der Waals surface area contributed by atoms with E-state index >= 15 is 0 Å². The van der Waals surface area contributed by atoms with Gasteiger partial charge in [0.2, 0.25) is 0 Å². The van der Waals surface area contributed by atoms with Crippen LogP contribution in [0.3, 0.4) is 0 Å². The average Bonchev–Trinajstić information content (AvgIpc) is 2.18. The molecule has 15 heavy (non-hydrogen) atoms. The highest BCUT2D eigenvalue weighted by molar-refractivity contribution is 7.92. The number of rotatable bonds is 7. The van der Waals surface area contributed by atoms with Crippen LogP contribution in [0.2, 0.25) is 0 Å². The van der Waals surface area contributed by atoms with E-state index in [1.165, 1.54) is 0 Å². The van der Waals surface area contributed by atoms with Gasteiger partial charge in [0.15, 0.2) is 9.84 Å². The summed E-state index contributed by atoms with van der Waals surface area (Å²) >= 11 is 0. The van der Waals surface area contributed by atoms with Crippen molar-refractivity contribution in [3.8, 4) is 0 Å². The quantitative estimate of drug-likeness (QED) is 0.734. The maximum atomic E-state index is 11.8. The fourth-order valence-corrected chi connectivity index (χ4v) is 2.75. The Labute approximate surface area is 94.6 Å². The molecule has 0 rings (SSSR count). The molecular formula is C11H25NO2S. The van der Waals surface area contributed by atoms with Crippen molar-refractivity contribution in [1.82, 2.24) is 5.32 Å². The molecule has 0 aromatic heterocycles. The Hall–Kier alpha value is -0.0900. The molecule has 0 aliphatic carbocycles. The monoisotopic (exact) mass is 235 g/mol. The van der Waals surface area contributed by atoms with Crippen molar-refractivity contribution >= 4 is 9.84 Å². The van der Waals surface area contributed by atoms with Crippen molar-refractivity contribution in [2.24, 2.45) is 0 Å². The van der Waals surface area contributed by atoms with Gasteiger partial charge in [-0.05, 0) is 33.6 Å². The summed E-state index contributed by atoms with van der Waals surface area (Å²) in [6.45, 7) is 10.1. The summed E-state index contributed by atoms with van der Waals surface area (Å²) in [5.74, 6) is 0. The van der Waals surface area contributed by atoms with Crippen LogP contribution in [0.1, 0.15) is 47.5 Å². The summed E-state index contributed by atoms with van der Waals surface area (Å²) in [5, 5.41) is 2.73. The van der Waals surface area contributed by atoms with Gasteiger partial charge >= 0.3 is 0 Å². The molecule has 0 aliphatic heterocycles. The smallest absolute Gasteiger partial charge is 0.156 e. The first-order valence-electron chi connectivity index (χ1n) is 5.82. The average molecular weight is 235 g/mol. The fourth-order valence-electron chi connectivity index (χ4n) is 1.49. The van der Waals surface area contributed by atoms with Crippen molar-refractivity contribution in [3.05, 3.63) is 0 Å². The highest BCUT2D eigenvalue weighted by atomic mass is 32.2. The normalized spacial score (nSPS) is 14.9. The zero-order valence-electron chi connectivity index (χ0n) is 10.6. The van der Waals surface area contributed by atoms with Crippen LogP contribution in [0.25, 0.3) is 0 Å². The summed E-state index contributed by atoms with van der Waals surface area (Å²) in [6, 6.07) is 0.440. The second-order valence-electron chi connectivity index (χ2n) is 4.37.